The summed E-state index contributed by atoms with van der Waals surface area (Å²) in [4.78, 5) is 60.8. The maximum absolute atomic E-state index is 13.2. The van der Waals surface area contributed by atoms with Gasteiger partial charge < -0.3 is 26.2 Å². The summed E-state index contributed by atoms with van der Waals surface area (Å²) < 4.78 is 5.55. The number of rotatable bonds is 14. The molecule has 0 heterocycles. The minimum absolute atomic E-state index is 0.166. The zero-order chi connectivity index (χ0) is 28.1. The second-order valence-corrected chi connectivity index (χ2v) is 8.89. The number of allylic oxidation sites excluding steroid dienone is 3. The highest BCUT2D eigenvalue weighted by molar-refractivity contribution is 5.92. The number of aliphatic carboxylic acids is 1. The van der Waals surface area contributed by atoms with Gasteiger partial charge in [-0.25, -0.2) is 9.59 Å². The zero-order valence-corrected chi connectivity index (χ0v) is 21.9. The Balaban J connectivity index is 3.00. The number of nitrogens with two attached hydrogens (primary N) is 1. The van der Waals surface area contributed by atoms with E-state index < -0.39 is 59.7 Å². The zero-order valence-electron chi connectivity index (χ0n) is 21.9. The molecule has 0 unspecified atom stereocenters. The molecule has 0 bridgehead atoms. The third kappa shape index (κ3) is 10.7. The predicted molar refractivity (Wildman–Crippen MR) is 138 cm³/mol. The van der Waals surface area contributed by atoms with Crippen molar-refractivity contribution >= 4 is 29.7 Å². The quantitative estimate of drug-likeness (QED) is 0.167. The molecular weight excluding hydrogens is 478 g/mol. The predicted octanol–water partition coefficient (Wildman–Crippen LogP) is 2.20. The first-order valence-electron chi connectivity index (χ1n) is 12.1. The van der Waals surface area contributed by atoms with Crippen molar-refractivity contribution in [1.82, 2.24) is 10.6 Å². The van der Waals surface area contributed by atoms with Crippen LogP contribution in [0.3, 0.4) is 0 Å². The van der Waals surface area contributed by atoms with E-state index in [0.717, 1.165) is 11.1 Å². The Morgan fingerprint density at radius 1 is 1.03 bits per heavy atom. The van der Waals surface area contributed by atoms with Crippen LogP contribution in [-0.4, -0.2) is 53.0 Å². The van der Waals surface area contributed by atoms with Crippen molar-refractivity contribution in [2.24, 2.45) is 11.7 Å². The summed E-state index contributed by atoms with van der Waals surface area (Å²) in [6.07, 6.45) is 3.46. The van der Waals surface area contributed by atoms with Gasteiger partial charge in [0.05, 0.1) is 5.92 Å². The van der Waals surface area contributed by atoms with E-state index >= 15 is 0 Å². The fraction of sp³-hybridized carbons (Fsp3) is 0.444. The number of carboxylic acid groups (broad SMARTS) is 1. The Bertz CT molecular complexity index is 1020. The number of hydrogen-bond donors (Lipinski definition) is 4. The van der Waals surface area contributed by atoms with Crippen molar-refractivity contribution in [1.29, 1.82) is 0 Å². The van der Waals surface area contributed by atoms with Gasteiger partial charge in [-0.2, -0.15) is 0 Å². The van der Waals surface area contributed by atoms with Gasteiger partial charge in [0.15, 0.2) is 0 Å². The number of ether oxygens (including phenoxy) is 1. The smallest absolute Gasteiger partial charge is 0.329 e. The van der Waals surface area contributed by atoms with E-state index in [1.54, 1.807) is 13.0 Å². The third-order valence-corrected chi connectivity index (χ3v) is 6.04. The van der Waals surface area contributed by atoms with Crippen LogP contribution in [0.4, 0.5) is 0 Å². The molecule has 202 valence electrons. The van der Waals surface area contributed by atoms with Crippen molar-refractivity contribution in [2.45, 2.75) is 71.6 Å². The topological polar surface area (TPSA) is 165 Å². The van der Waals surface area contributed by atoms with Gasteiger partial charge in [0, 0.05) is 18.4 Å². The lowest BCUT2D eigenvalue weighted by atomic mass is 9.93. The average molecular weight is 516 g/mol. The van der Waals surface area contributed by atoms with E-state index in [0.29, 0.717) is 0 Å². The SMILES string of the molecule is C/C=C(C)/C=C/C(=O)N[C@@H](C(=O)O[C@@H](C)[C@@H](C)C(=O)N[C@H](CCC(N)=O)C(=O)O)[C@H](C)c1ccccc1. The number of carbonyl (C=O) groups is 5. The Morgan fingerprint density at radius 3 is 2.19 bits per heavy atom. The molecule has 0 fully saturated rings. The summed E-state index contributed by atoms with van der Waals surface area (Å²) >= 11 is 0. The Hall–Kier alpha value is -3.95. The summed E-state index contributed by atoms with van der Waals surface area (Å²) in [6, 6.07) is 6.76. The van der Waals surface area contributed by atoms with Gasteiger partial charge in [0.1, 0.15) is 18.2 Å². The molecule has 0 spiro atoms. The molecule has 3 amide bonds. The lowest BCUT2D eigenvalue weighted by molar-refractivity contribution is -0.157. The molecule has 0 aliphatic carbocycles. The van der Waals surface area contributed by atoms with Crippen molar-refractivity contribution in [3.63, 3.8) is 0 Å². The van der Waals surface area contributed by atoms with Crippen LogP contribution >= 0.6 is 0 Å². The molecule has 5 N–H and O–H groups in total. The van der Waals surface area contributed by atoms with Crippen LogP contribution in [0.2, 0.25) is 0 Å². The van der Waals surface area contributed by atoms with E-state index in [9.17, 15) is 29.1 Å². The number of benzene rings is 1. The Kier molecular flexibility index (Phi) is 12.8. The lowest BCUT2D eigenvalue weighted by Crippen LogP contribution is -2.48. The van der Waals surface area contributed by atoms with E-state index in [1.807, 2.05) is 50.3 Å². The van der Waals surface area contributed by atoms with Crippen LogP contribution in [0.1, 0.15) is 58.9 Å². The number of esters is 1. The van der Waals surface area contributed by atoms with Gasteiger partial charge in [0.25, 0.3) is 0 Å². The highest BCUT2D eigenvalue weighted by Gasteiger charge is 2.33. The number of amides is 3. The molecule has 10 nitrogen and oxygen atoms in total. The molecule has 1 rings (SSSR count). The van der Waals surface area contributed by atoms with Gasteiger partial charge in [0.2, 0.25) is 17.7 Å². The molecule has 0 radical (unpaired) electrons. The second kappa shape index (κ2) is 15.2. The van der Waals surface area contributed by atoms with Gasteiger partial charge in [-0.3, -0.25) is 14.4 Å². The summed E-state index contributed by atoms with van der Waals surface area (Å²) in [5, 5.41) is 14.4. The number of nitrogens with one attached hydrogen (secondary N) is 2. The standard InChI is InChI=1S/C27H37N3O7/c1-6-16(2)12-15-23(32)30-24(18(4)20-10-8-7-9-11-20)27(36)37-19(5)17(3)25(33)29-21(26(34)35)13-14-22(28)31/h6-12,15,17-19,21,24H,13-14H2,1-5H3,(H2,28,31)(H,29,33)(H,30,32)(H,34,35)/b15-12+,16-6+/t17-,18-,19+,21-,24-/m1/s1. The van der Waals surface area contributed by atoms with Gasteiger partial charge >= 0.3 is 11.9 Å². The van der Waals surface area contributed by atoms with Gasteiger partial charge in [-0.15, -0.1) is 0 Å². The number of hydrogen-bond acceptors (Lipinski definition) is 6. The fourth-order valence-corrected chi connectivity index (χ4v) is 3.26. The molecule has 10 heteroatoms. The molecule has 5 atom stereocenters. The minimum Gasteiger partial charge on any atom is -0.480 e. The second-order valence-electron chi connectivity index (χ2n) is 8.89. The first-order valence-corrected chi connectivity index (χ1v) is 12.1. The van der Waals surface area contributed by atoms with Crippen LogP contribution in [0.15, 0.2) is 54.1 Å². The highest BCUT2D eigenvalue weighted by atomic mass is 16.5. The van der Waals surface area contributed by atoms with Crippen molar-refractivity contribution in [3.8, 4) is 0 Å². The highest BCUT2D eigenvalue weighted by Crippen LogP contribution is 2.21. The first-order chi connectivity index (χ1) is 17.4. The molecular formula is C27H37N3O7. The van der Waals surface area contributed by atoms with E-state index in [1.165, 1.54) is 19.9 Å². The van der Waals surface area contributed by atoms with E-state index in [2.05, 4.69) is 10.6 Å². The monoisotopic (exact) mass is 515 g/mol. The fourth-order valence-electron chi connectivity index (χ4n) is 3.26. The Labute approximate surface area is 217 Å². The number of carboxylic acids is 1. The summed E-state index contributed by atoms with van der Waals surface area (Å²) in [5.41, 5.74) is 6.74. The van der Waals surface area contributed by atoms with Crippen LogP contribution in [0, 0.1) is 5.92 Å². The molecule has 0 saturated heterocycles. The summed E-state index contributed by atoms with van der Waals surface area (Å²) in [6.45, 7) is 8.43. The normalized spacial score (nSPS) is 15.6. The van der Waals surface area contributed by atoms with Crippen LogP contribution < -0.4 is 16.4 Å². The molecule has 0 saturated carbocycles. The largest absolute Gasteiger partial charge is 0.480 e. The summed E-state index contributed by atoms with van der Waals surface area (Å²) in [5.74, 6) is -5.26. The van der Waals surface area contributed by atoms with E-state index in [-0.39, 0.29) is 12.8 Å². The van der Waals surface area contributed by atoms with Crippen LogP contribution in [-0.2, 0) is 28.7 Å². The number of primary amides is 1. The average Bonchev–Trinajstić information content (AvgIpc) is 2.87. The first kappa shape index (κ1) is 31.1. The molecule has 0 aliphatic rings. The van der Waals surface area contributed by atoms with Crippen LogP contribution in [0.5, 0.6) is 0 Å². The summed E-state index contributed by atoms with van der Waals surface area (Å²) in [7, 11) is 0. The van der Waals surface area contributed by atoms with Crippen LogP contribution in [0.25, 0.3) is 0 Å². The van der Waals surface area contributed by atoms with Gasteiger partial charge in [-0.1, -0.05) is 61.9 Å². The molecule has 1 aromatic rings. The minimum atomic E-state index is -1.32. The van der Waals surface area contributed by atoms with E-state index in [4.69, 9.17) is 10.5 Å². The maximum atomic E-state index is 13.2. The maximum Gasteiger partial charge on any atom is 0.329 e. The van der Waals surface area contributed by atoms with Crippen molar-refractivity contribution < 1.29 is 33.8 Å². The molecule has 1 aromatic carbocycles. The van der Waals surface area contributed by atoms with Gasteiger partial charge in [-0.05, 0) is 32.8 Å². The number of carbonyl (C=O) groups excluding carboxylic acids is 4. The van der Waals surface area contributed by atoms with Crippen molar-refractivity contribution in [3.05, 3.63) is 59.7 Å². The third-order valence-electron chi connectivity index (χ3n) is 6.04. The molecule has 0 aliphatic heterocycles. The Morgan fingerprint density at radius 2 is 1.65 bits per heavy atom. The lowest BCUT2D eigenvalue weighted by Gasteiger charge is -2.27. The molecule has 37 heavy (non-hydrogen) atoms. The van der Waals surface area contributed by atoms with Crippen molar-refractivity contribution in [2.75, 3.05) is 0 Å². The molecule has 0 aromatic heterocycles.